The van der Waals surface area contributed by atoms with Gasteiger partial charge in [0.2, 0.25) is 5.91 Å². The highest BCUT2D eigenvalue weighted by molar-refractivity contribution is 7.47. The van der Waals surface area contributed by atoms with Gasteiger partial charge in [0.15, 0.2) is 0 Å². The lowest BCUT2D eigenvalue weighted by Gasteiger charge is -2.25. The minimum absolute atomic E-state index is 0.0542. The van der Waals surface area contributed by atoms with Crippen molar-refractivity contribution in [1.82, 2.24) is 5.32 Å². The van der Waals surface area contributed by atoms with Gasteiger partial charge in [0.25, 0.3) is 0 Å². The SMILES string of the molecule is CC/C=C\C/C=C\C/C=C\C/C=C\C/C=C\C/C=C\C/C=C\CCCCCCCCCCCCCCCCCCCCCC(=O)NC(COP(=O)(O)OCC[N+](C)(C)C)C(O)/C=C/CC/C=C/CCCCCCCCCCCCCCCC. The third kappa shape index (κ3) is 66.5. The summed E-state index contributed by atoms with van der Waals surface area (Å²) in [4.78, 5) is 23.4. The highest BCUT2D eigenvalue weighted by Crippen LogP contribution is 2.43. The molecule has 0 rings (SSSR count). The molecule has 3 atom stereocenters. The minimum Gasteiger partial charge on any atom is -0.387 e. The highest BCUT2D eigenvalue weighted by atomic mass is 31.2. The molecule has 3 unspecified atom stereocenters. The summed E-state index contributed by atoms with van der Waals surface area (Å²) in [6, 6.07) is -0.868. The largest absolute Gasteiger partial charge is 0.472 e. The topological polar surface area (TPSA) is 105 Å². The molecule has 83 heavy (non-hydrogen) atoms. The molecule has 0 saturated heterocycles. The van der Waals surface area contributed by atoms with Crippen LogP contribution in [0.15, 0.2) is 109 Å². The highest BCUT2D eigenvalue weighted by Gasteiger charge is 2.28. The molecule has 0 aromatic carbocycles. The summed E-state index contributed by atoms with van der Waals surface area (Å²) in [6.45, 7) is 4.70. The van der Waals surface area contributed by atoms with Gasteiger partial charge in [-0.15, -0.1) is 0 Å². The molecule has 0 spiro atoms. The van der Waals surface area contributed by atoms with Gasteiger partial charge in [-0.25, -0.2) is 4.57 Å². The number of rotatable bonds is 63. The Kier molecular flexibility index (Phi) is 61.5. The molecule has 0 aromatic rings. The van der Waals surface area contributed by atoms with Crippen molar-refractivity contribution in [3.05, 3.63) is 109 Å². The zero-order valence-corrected chi connectivity index (χ0v) is 55.8. The van der Waals surface area contributed by atoms with Gasteiger partial charge < -0.3 is 19.8 Å². The van der Waals surface area contributed by atoms with Gasteiger partial charge in [-0.05, 0) is 89.9 Å². The second kappa shape index (κ2) is 63.7. The molecule has 0 bridgehead atoms. The Hall–Kier alpha value is -2.84. The van der Waals surface area contributed by atoms with E-state index in [1.807, 2.05) is 27.2 Å². The molecule has 0 aliphatic rings. The number of hydrogen-bond acceptors (Lipinski definition) is 5. The van der Waals surface area contributed by atoms with Crippen LogP contribution in [-0.2, 0) is 18.4 Å². The first-order valence-corrected chi connectivity index (χ1v) is 36.3. The van der Waals surface area contributed by atoms with Crippen molar-refractivity contribution in [3.63, 3.8) is 0 Å². The van der Waals surface area contributed by atoms with Crippen molar-refractivity contribution in [1.29, 1.82) is 0 Å². The molecule has 0 aromatic heterocycles. The maximum atomic E-state index is 13.0. The summed E-state index contributed by atoms with van der Waals surface area (Å²) >= 11 is 0. The summed E-state index contributed by atoms with van der Waals surface area (Å²) in [6.07, 6.45) is 93.8. The van der Waals surface area contributed by atoms with Gasteiger partial charge in [-0.3, -0.25) is 13.8 Å². The second-order valence-electron chi connectivity index (χ2n) is 24.5. The molecule has 8 nitrogen and oxygen atoms in total. The maximum Gasteiger partial charge on any atom is 0.472 e. The first-order valence-electron chi connectivity index (χ1n) is 34.8. The van der Waals surface area contributed by atoms with Crippen LogP contribution in [0.4, 0.5) is 0 Å². The molecule has 480 valence electrons. The van der Waals surface area contributed by atoms with Gasteiger partial charge in [-0.2, -0.15) is 0 Å². The quantitative estimate of drug-likeness (QED) is 0.0243. The van der Waals surface area contributed by atoms with Crippen molar-refractivity contribution in [2.24, 2.45) is 0 Å². The standard InChI is InChI=1S/C74H133N2O6P/c1-6-8-10-12-14-16-18-20-22-24-26-28-29-30-31-32-33-34-35-36-37-38-39-40-41-42-43-44-45-46-47-48-50-52-54-56-58-60-62-64-66-68-74(78)75-72(71-82-83(79,80)81-70-69-76(3,4)5)73(77)67-65-63-61-59-57-55-53-51-49-27-25-23-21-19-17-15-13-11-9-7-2/h8,10,14,16,20,22,26,28,30-31,33-34,36-37,57,59,65,67,72-73,77H,6-7,9,11-13,15,17-19,21,23-25,27,29,32,35,38-56,58,60-64,66,68-71H2,1-5H3,(H-,75,78,79,80)/p+1/b10-8-,16-14-,22-20-,28-26-,31-30-,34-33-,37-36-,59-57+,67-65+. The molecule has 0 aliphatic carbocycles. The summed E-state index contributed by atoms with van der Waals surface area (Å²) in [7, 11) is 1.56. The number of likely N-dealkylation sites (N-methyl/N-ethyl adjacent to an activating group) is 1. The van der Waals surface area contributed by atoms with Gasteiger partial charge in [-0.1, -0.05) is 316 Å². The predicted molar refractivity (Wildman–Crippen MR) is 364 cm³/mol. The first-order chi connectivity index (χ1) is 40.5. The number of amides is 1. The number of nitrogens with one attached hydrogen (secondary N) is 1. The van der Waals surface area contributed by atoms with Crippen LogP contribution < -0.4 is 5.32 Å². The number of hydrogen-bond donors (Lipinski definition) is 3. The molecule has 0 fully saturated rings. The van der Waals surface area contributed by atoms with Crippen molar-refractivity contribution in [2.75, 3.05) is 40.9 Å². The van der Waals surface area contributed by atoms with Gasteiger partial charge >= 0.3 is 7.82 Å². The normalized spacial score (nSPS) is 14.3. The van der Waals surface area contributed by atoms with Crippen LogP contribution in [-0.4, -0.2) is 73.4 Å². The van der Waals surface area contributed by atoms with E-state index in [9.17, 15) is 19.4 Å². The zero-order chi connectivity index (χ0) is 60.5. The lowest BCUT2D eigenvalue weighted by molar-refractivity contribution is -0.870. The van der Waals surface area contributed by atoms with Gasteiger partial charge in [0.05, 0.1) is 39.9 Å². The Morgan fingerprint density at radius 2 is 0.735 bits per heavy atom. The van der Waals surface area contributed by atoms with Crippen LogP contribution in [0.25, 0.3) is 0 Å². The Labute approximate surface area is 514 Å². The number of nitrogens with zero attached hydrogens (tertiary/aromatic N) is 1. The van der Waals surface area contributed by atoms with E-state index in [-0.39, 0.29) is 19.1 Å². The Bertz CT molecular complexity index is 1720. The van der Waals surface area contributed by atoms with Crippen LogP contribution >= 0.6 is 7.82 Å². The van der Waals surface area contributed by atoms with Crippen LogP contribution in [0.5, 0.6) is 0 Å². The number of carbonyl (C=O) groups excluding carboxylic acids is 1. The first kappa shape index (κ1) is 80.2. The van der Waals surface area contributed by atoms with Crippen molar-refractivity contribution >= 4 is 13.7 Å². The average Bonchev–Trinajstić information content (AvgIpc) is 3.49. The monoisotopic (exact) mass is 1180 g/mol. The smallest absolute Gasteiger partial charge is 0.387 e. The number of aliphatic hydroxyl groups is 1. The van der Waals surface area contributed by atoms with E-state index in [0.29, 0.717) is 17.4 Å². The fraction of sp³-hybridized carbons (Fsp3) is 0.743. The number of aliphatic hydroxyl groups excluding tert-OH is 1. The van der Waals surface area contributed by atoms with Crippen LogP contribution in [0.3, 0.4) is 0 Å². The lowest BCUT2D eigenvalue weighted by Crippen LogP contribution is -2.45. The molecular formula is C74H134N2O6P+. The van der Waals surface area contributed by atoms with Crippen LogP contribution in [0.1, 0.15) is 303 Å². The van der Waals surface area contributed by atoms with E-state index in [0.717, 1.165) is 83.5 Å². The summed E-state index contributed by atoms with van der Waals surface area (Å²) < 4.78 is 23.8. The Balaban J connectivity index is 4.02. The molecule has 0 aliphatic heterocycles. The number of phosphoric acid groups is 1. The summed E-state index contributed by atoms with van der Waals surface area (Å²) in [5.41, 5.74) is 0. The number of phosphoric ester groups is 1. The van der Waals surface area contributed by atoms with Crippen LogP contribution in [0, 0.1) is 0 Å². The van der Waals surface area contributed by atoms with Gasteiger partial charge in [0, 0.05) is 6.42 Å². The number of carbonyl (C=O) groups is 1. The lowest BCUT2D eigenvalue weighted by atomic mass is 10.0. The molecule has 0 heterocycles. The van der Waals surface area contributed by atoms with Crippen LogP contribution in [0.2, 0.25) is 0 Å². The van der Waals surface area contributed by atoms with E-state index in [2.05, 4.69) is 116 Å². The zero-order valence-electron chi connectivity index (χ0n) is 54.9. The van der Waals surface area contributed by atoms with Crippen molar-refractivity contribution < 1.29 is 32.9 Å². The fourth-order valence-corrected chi connectivity index (χ4v) is 10.6. The van der Waals surface area contributed by atoms with E-state index in [1.165, 1.54) is 199 Å². The Morgan fingerprint density at radius 3 is 1.11 bits per heavy atom. The molecule has 3 N–H and O–H groups in total. The predicted octanol–water partition coefficient (Wildman–Crippen LogP) is 22.3. The average molecular weight is 1180 g/mol. The van der Waals surface area contributed by atoms with E-state index in [1.54, 1.807) is 6.08 Å². The van der Waals surface area contributed by atoms with E-state index >= 15 is 0 Å². The molecular weight excluding hydrogens is 1040 g/mol. The fourth-order valence-electron chi connectivity index (χ4n) is 9.86. The second-order valence-corrected chi connectivity index (χ2v) is 26.0. The molecule has 0 radical (unpaired) electrons. The maximum absolute atomic E-state index is 13.0. The Morgan fingerprint density at radius 1 is 0.422 bits per heavy atom. The third-order valence-corrected chi connectivity index (χ3v) is 16.2. The van der Waals surface area contributed by atoms with Crippen molar-refractivity contribution in [2.45, 2.75) is 315 Å². The number of unbranched alkanes of at least 4 members (excludes halogenated alkanes) is 34. The molecule has 1 amide bonds. The van der Waals surface area contributed by atoms with Gasteiger partial charge in [0.1, 0.15) is 13.2 Å². The minimum atomic E-state index is -4.36. The number of quaternary nitrogens is 1. The summed E-state index contributed by atoms with van der Waals surface area (Å²) in [5, 5.41) is 14.0. The van der Waals surface area contributed by atoms with E-state index < -0.39 is 20.0 Å². The summed E-state index contributed by atoms with van der Waals surface area (Å²) in [5.74, 6) is -0.185. The third-order valence-electron chi connectivity index (χ3n) is 15.2. The number of allylic oxidation sites excluding steroid dienone is 17. The molecule has 0 saturated carbocycles. The van der Waals surface area contributed by atoms with Crippen molar-refractivity contribution in [3.8, 4) is 0 Å². The van der Waals surface area contributed by atoms with E-state index in [4.69, 9.17) is 9.05 Å². The molecule has 9 heteroatoms.